The van der Waals surface area contributed by atoms with Gasteiger partial charge in [0.2, 0.25) is 11.8 Å². The molecular formula is C34H36N4O4. The van der Waals surface area contributed by atoms with E-state index in [2.05, 4.69) is 5.32 Å². The second-order valence-electron chi connectivity index (χ2n) is 10.2. The molecule has 5 N–H and O–H groups in total. The number of hydrogen-bond donors (Lipinski definition) is 3. The number of amides is 3. The quantitative estimate of drug-likeness (QED) is 0.238. The number of aryl methyl sites for hydroxylation is 1. The van der Waals surface area contributed by atoms with Gasteiger partial charge in [-0.1, -0.05) is 66.2 Å². The minimum Gasteiger partial charge on any atom is -0.497 e. The maximum absolute atomic E-state index is 14.1. The highest BCUT2D eigenvalue weighted by atomic mass is 16.5. The number of carbonyl (C=O) groups is 3. The number of rotatable bonds is 12. The summed E-state index contributed by atoms with van der Waals surface area (Å²) in [5, 5.41) is 3.04. The molecule has 0 aliphatic heterocycles. The van der Waals surface area contributed by atoms with E-state index in [9.17, 15) is 14.4 Å². The first-order valence-electron chi connectivity index (χ1n) is 13.7. The van der Waals surface area contributed by atoms with E-state index in [0.717, 1.165) is 27.8 Å². The van der Waals surface area contributed by atoms with Gasteiger partial charge in [0, 0.05) is 37.2 Å². The summed E-state index contributed by atoms with van der Waals surface area (Å²) in [6.45, 7) is 2.88. The van der Waals surface area contributed by atoms with Crippen molar-refractivity contribution in [2.75, 3.05) is 7.11 Å². The van der Waals surface area contributed by atoms with Crippen molar-refractivity contribution in [3.05, 3.63) is 136 Å². The molecule has 42 heavy (non-hydrogen) atoms. The minimum atomic E-state index is -0.853. The van der Waals surface area contributed by atoms with Crippen LogP contribution in [-0.4, -0.2) is 35.8 Å². The van der Waals surface area contributed by atoms with E-state index >= 15 is 0 Å². The summed E-state index contributed by atoms with van der Waals surface area (Å²) in [6.07, 6.45) is 0.277. The molecule has 4 aromatic rings. The van der Waals surface area contributed by atoms with Gasteiger partial charge in [-0.25, -0.2) is 0 Å². The number of methoxy groups -OCH3 is 1. The SMILES string of the molecule is COc1cccc(CN(C(=O)c2ccc(C(N)=O)cc2)C(Cc2ccc(CN)cc2)C(=O)NCc2ccc(C)cc2)c1. The van der Waals surface area contributed by atoms with E-state index in [0.29, 0.717) is 30.0 Å². The van der Waals surface area contributed by atoms with Crippen molar-refractivity contribution in [3.63, 3.8) is 0 Å². The molecule has 0 radical (unpaired) electrons. The second-order valence-corrected chi connectivity index (χ2v) is 10.2. The van der Waals surface area contributed by atoms with Crippen molar-refractivity contribution in [1.29, 1.82) is 0 Å². The molecule has 4 rings (SSSR count). The number of carbonyl (C=O) groups excluding carboxylic acids is 3. The maximum Gasteiger partial charge on any atom is 0.254 e. The number of benzene rings is 4. The van der Waals surface area contributed by atoms with Crippen molar-refractivity contribution >= 4 is 17.7 Å². The maximum atomic E-state index is 14.1. The lowest BCUT2D eigenvalue weighted by molar-refractivity contribution is -0.126. The fourth-order valence-electron chi connectivity index (χ4n) is 4.63. The molecule has 0 spiro atoms. The van der Waals surface area contributed by atoms with Gasteiger partial charge in [-0.15, -0.1) is 0 Å². The van der Waals surface area contributed by atoms with E-state index in [1.807, 2.05) is 79.7 Å². The average molecular weight is 565 g/mol. The molecule has 8 heteroatoms. The fourth-order valence-corrected chi connectivity index (χ4v) is 4.63. The molecule has 0 saturated heterocycles. The normalized spacial score (nSPS) is 11.4. The van der Waals surface area contributed by atoms with Crippen LogP contribution >= 0.6 is 0 Å². The third-order valence-corrected chi connectivity index (χ3v) is 7.12. The van der Waals surface area contributed by atoms with Gasteiger partial charge in [0.05, 0.1) is 7.11 Å². The van der Waals surface area contributed by atoms with Crippen LogP contribution < -0.4 is 21.5 Å². The molecular weight excluding hydrogens is 528 g/mol. The minimum absolute atomic E-state index is 0.150. The predicted molar refractivity (Wildman–Crippen MR) is 163 cm³/mol. The Morgan fingerprint density at radius 3 is 2.05 bits per heavy atom. The summed E-state index contributed by atoms with van der Waals surface area (Å²) >= 11 is 0. The first kappa shape index (κ1) is 30.0. The Morgan fingerprint density at radius 1 is 0.810 bits per heavy atom. The van der Waals surface area contributed by atoms with Crippen LogP contribution in [-0.2, 0) is 30.8 Å². The van der Waals surface area contributed by atoms with Crippen LogP contribution in [0.25, 0.3) is 0 Å². The van der Waals surface area contributed by atoms with Crippen LogP contribution in [0.15, 0.2) is 97.1 Å². The van der Waals surface area contributed by atoms with E-state index in [-0.39, 0.29) is 24.8 Å². The largest absolute Gasteiger partial charge is 0.497 e. The first-order valence-corrected chi connectivity index (χ1v) is 13.7. The zero-order chi connectivity index (χ0) is 30.1. The molecule has 1 unspecified atom stereocenters. The molecule has 8 nitrogen and oxygen atoms in total. The summed E-state index contributed by atoms with van der Waals surface area (Å²) in [4.78, 5) is 41.2. The first-order chi connectivity index (χ1) is 20.3. The van der Waals surface area contributed by atoms with Crippen LogP contribution in [0, 0.1) is 6.92 Å². The van der Waals surface area contributed by atoms with Gasteiger partial charge < -0.3 is 26.4 Å². The molecule has 0 bridgehead atoms. The Bertz CT molecular complexity index is 1520. The Kier molecular flexibility index (Phi) is 10.1. The van der Waals surface area contributed by atoms with Crippen LogP contribution in [0.1, 0.15) is 48.5 Å². The van der Waals surface area contributed by atoms with Gasteiger partial charge in [0.15, 0.2) is 0 Å². The van der Waals surface area contributed by atoms with E-state index in [1.54, 1.807) is 24.1 Å². The molecule has 0 saturated carbocycles. The van der Waals surface area contributed by atoms with Gasteiger partial charge in [-0.05, 0) is 65.6 Å². The number of nitrogens with two attached hydrogens (primary N) is 2. The predicted octanol–water partition coefficient (Wildman–Crippen LogP) is 4.13. The number of ether oxygens (including phenoxy) is 1. The Balaban J connectivity index is 1.72. The van der Waals surface area contributed by atoms with E-state index in [1.165, 1.54) is 12.1 Å². The lowest BCUT2D eigenvalue weighted by Crippen LogP contribution is -2.50. The summed E-state index contributed by atoms with van der Waals surface area (Å²) in [5.74, 6) is -0.591. The van der Waals surface area contributed by atoms with Crippen LogP contribution in [0.3, 0.4) is 0 Å². The highest BCUT2D eigenvalue weighted by Crippen LogP contribution is 2.21. The van der Waals surface area contributed by atoms with E-state index in [4.69, 9.17) is 16.2 Å². The highest BCUT2D eigenvalue weighted by Gasteiger charge is 2.31. The van der Waals surface area contributed by atoms with Crippen molar-refractivity contribution in [2.45, 2.75) is 39.0 Å². The van der Waals surface area contributed by atoms with Crippen LogP contribution in [0.4, 0.5) is 0 Å². The van der Waals surface area contributed by atoms with Gasteiger partial charge >= 0.3 is 0 Å². The smallest absolute Gasteiger partial charge is 0.254 e. The Morgan fingerprint density at radius 2 is 1.43 bits per heavy atom. The van der Waals surface area contributed by atoms with Crippen LogP contribution in [0.5, 0.6) is 5.75 Å². The Labute approximate surface area is 246 Å². The van der Waals surface area contributed by atoms with E-state index < -0.39 is 11.9 Å². The van der Waals surface area contributed by atoms with Gasteiger partial charge in [-0.3, -0.25) is 14.4 Å². The number of nitrogens with zero attached hydrogens (tertiary/aromatic N) is 1. The fraction of sp³-hybridized carbons (Fsp3) is 0.206. The molecule has 0 fully saturated rings. The molecule has 0 aliphatic rings. The topological polar surface area (TPSA) is 128 Å². The van der Waals surface area contributed by atoms with Crippen molar-refractivity contribution in [3.8, 4) is 5.75 Å². The molecule has 1 atom stereocenters. The van der Waals surface area contributed by atoms with Crippen LogP contribution in [0.2, 0.25) is 0 Å². The molecule has 0 aliphatic carbocycles. The zero-order valence-electron chi connectivity index (χ0n) is 23.9. The second kappa shape index (κ2) is 14.1. The van der Waals surface area contributed by atoms with Gasteiger partial charge in [0.25, 0.3) is 5.91 Å². The van der Waals surface area contributed by atoms with Crippen molar-refractivity contribution in [1.82, 2.24) is 10.2 Å². The average Bonchev–Trinajstić information content (AvgIpc) is 3.02. The third kappa shape index (κ3) is 7.83. The highest BCUT2D eigenvalue weighted by molar-refractivity contribution is 5.99. The molecule has 216 valence electrons. The number of hydrogen-bond acceptors (Lipinski definition) is 5. The summed E-state index contributed by atoms with van der Waals surface area (Å²) in [5.41, 5.74) is 16.5. The van der Waals surface area contributed by atoms with Gasteiger partial charge in [0.1, 0.15) is 11.8 Å². The summed E-state index contributed by atoms with van der Waals surface area (Å²) < 4.78 is 5.40. The lowest BCUT2D eigenvalue weighted by Gasteiger charge is -2.32. The molecule has 0 heterocycles. The summed E-state index contributed by atoms with van der Waals surface area (Å²) in [6, 6.07) is 28.3. The molecule has 3 amide bonds. The Hall–Kier alpha value is -4.95. The van der Waals surface area contributed by atoms with Crippen molar-refractivity contribution in [2.24, 2.45) is 11.5 Å². The molecule has 0 aromatic heterocycles. The zero-order valence-corrected chi connectivity index (χ0v) is 23.9. The number of nitrogens with one attached hydrogen (secondary N) is 1. The van der Waals surface area contributed by atoms with Crippen molar-refractivity contribution < 1.29 is 19.1 Å². The number of primary amides is 1. The monoisotopic (exact) mass is 564 g/mol. The summed E-state index contributed by atoms with van der Waals surface area (Å²) in [7, 11) is 1.58. The third-order valence-electron chi connectivity index (χ3n) is 7.12. The molecule has 4 aromatic carbocycles. The van der Waals surface area contributed by atoms with Gasteiger partial charge in [-0.2, -0.15) is 0 Å². The lowest BCUT2D eigenvalue weighted by atomic mass is 10.00. The standard InChI is InChI=1S/C34H36N4O4/c1-23-6-8-26(9-7-23)21-37-33(40)31(19-24-10-12-25(20-35)13-11-24)38(22-27-4-3-5-30(18-27)42-2)34(41)29-16-14-28(15-17-29)32(36)39/h3-18,31H,19-22,35H2,1-2H3,(H2,36,39)(H,37,40).